The largest absolute Gasteiger partial charge is 0.505 e. The van der Waals surface area contributed by atoms with Crippen LogP contribution in [-0.4, -0.2) is 11.7 Å². The van der Waals surface area contributed by atoms with Crippen molar-refractivity contribution >= 4 is 15.9 Å². The van der Waals surface area contributed by atoms with Gasteiger partial charge in [0.25, 0.3) is 0 Å². The van der Waals surface area contributed by atoms with Crippen LogP contribution in [0.1, 0.15) is 18.5 Å². The molecule has 0 spiro atoms. The molecule has 0 saturated carbocycles. The second kappa shape index (κ2) is 5.15. The molecule has 2 nitrogen and oxygen atoms in total. The van der Waals surface area contributed by atoms with Gasteiger partial charge in [0, 0.05) is 16.1 Å². The third-order valence-electron chi connectivity index (χ3n) is 2.03. The summed E-state index contributed by atoms with van der Waals surface area (Å²) in [7, 11) is 0. The lowest BCUT2D eigenvalue weighted by Gasteiger charge is -2.14. The molecule has 4 heteroatoms. The molecule has 0 bridgehead atoms. The molecule has 1 rings (SSSR count). The monoisotopic (exact) mass is 271 g/mol. The smallest absolute Gasteiger partial charge is 0.166 e. The molecule has 0 aliphatic rings. The van der Waals surface area contributed by atoms with Crippen LogP contribution in [-0.2, 0) is 0 Å². The van der Waals surface area contributed by atoms with Crippen LogP contribution < -0.4 is 5.32 Å². The summed E-state index contributed by atoms with van der Waals surface area (Å²) in [6.45, 7) is 2.17. The van der Waals surface area contributed by atoms with Gasteiger partial charge in [0.1, 0.15) is 0 Å². The molecule has 0 aromatic heterocycles. The van der Waals surface area contributed by atoms with E-state index in [0.717, 1.165) is 0 Å². The topological polar surface area (TPSA) is 32.3 Å². The Balaban J connectivity index is 2.98. The van der Waals surface area contributed by atoms with Gasteiger partial charge < -0.3 is 5.11 Å². The van der Waals surface area contributed by atoms with E-state index in [1.165, 1.54) is 6.07 Å². The van der Waals surface area contributed by atoms with E-state index in [9.17, 15) is 9.50 Å². The first-order chi connectivity index (χ1) is 7.06. The number of terminal acetylenes is 1. The first kappa shape index (κ1) is 12.0. The summed E-state index contributed by atoms with van der Waals surface area (Å²) in [4.78, 5) is 0. The molecule has 2 N–H and O–H groups in total. The highest BCUT2D eigenvalue weighted by Crippen LogP contribution is 2.30. The lowest BCUT2D eigenvalue weighted by Crippen LogP contribution is -2.19. The zero-order chi connectivity index (χ0) is 11.4. The molecule has 1 aromatic carbocycles. The predicted molar refractivity (Wildman–Crippen MR) is 61.0 cm³/mol. The molecule has 1 aromatic rings. The number of rotatable bonds is 3. The number of hydrogen-bond donors (Lipinski definition) is 2. The van der Waals surface area contributed by atoms with Crippen molar-refractivity contribution in [1.82, 2.24) is 5.32 Å². The minimum absolute atomic E-state index is 0.201. The SMILES string of the molecule is C#CCNC(C)c1cc(Br)cc(F)c1O. The summed E-state index contributed by atoms with van der Waals surface area (Å²) in [5.41, 5.74) is 0.483. The maximum absolute atomic E-state index is 13.2. The fourth-order valence-corrected chi connectivity index (χ4v) is 1.69. The molecular formula is C11H11BrFNO. The van der Waals surface area contributed by atoms with E-state index in [2.05, 4.69) is 27.2 Å². The van der Waals surface area contributed by atoms with Gasteiger partial charge in [-0.2, -0.15) is 0 Å². The van der Waals surface area contributed by atoms with E-state index in [1.807, 2.05) is 0 Å². The van der Waals surface area contributed by atoms with E-state index in [0.29, 0.717) is 16.6 Å². The van der Waals surface area contributed by atoms with Crippen molar-refractivity contribution in [3.8, 4) is 18.1 Å². The quantitative estimate of drug-likeness (QED) is 0.829. The highest BCUT2D eigenvalue weighted by Gasteiger charge is 2.14. The van der Waals surface area contributed by atoms with Crippen molar-refractivity contribution in [1.29, 1.82) is 0 Å². The highest BCUT2D eigenvalue weighted by molar-refractivity contribution is 9.10. The molecule has 0 heterocycles. The Morgan fingerprint density at radius 2 is 2.33 bits per heavy atom. The van der Waals surface area contributed by atoms with Crippen LogP contribution in [0.5, 0.6) is 5.75 Å². The number of hydrogen-bond acceptors (Lipinski definition) is 2. The van der Waals surface area contributed by atoms with E-state index in [-0.39, 0.29) is 11.8 Å². The summed E-state index contributed by atoms with van der Waals surface area (Å²) >= 11 is 3.16. The third-order valence-corrected chi connectivity index (χ3v) is 2.49. The van der Waals surface area contributed by atoms with E-state index in [4.69, 9.17) is 6.42 Å². The van der Waals surface area contributed by atoms with Gasteiger partial charge in [-0.15, -0.1) is 6.42 Å². The minimum Gasteiger partial charge on any atom is -0.505 e. The number of nitrogens with one attached hydrogen (secondary N) is 1. The Morgan fingerprint density at radius 1 is 1.67 bits per heavy atom. The van der Waals surface area contributed by atoms with Crippen molar-refractivity contribution < 1.29 is 9.50 Å². The Labute approximate surface area is 96.6 Å². The molecular weight excluding hydrogens is 261 g/mol. The summed E-state index contributed by atoms with van der Waals surface area (Å²) in [5, 5.41) is 12.5. The van der Waals surface area contributed by atoms with Gasteiger partial charge in [0.05, 0.1) is 6.54 Å². The molecule has 0 aliphatic carbocycles. The van der Waals surface area contributed by atoms with Crippen molar-refractivity contribution in [3.05, 3.63) is 28.0 Å². The van der Waals surface area contributed by atoms with Gasteiger partial charge in [0.15, 0.2) is 11.6 Å². The van der Waals surface area contributed by atoms with Crippen LogP contribution in [0.3, 0.4) is 0 Å². The molecule has 0 radical (unpaired) electrons. The third kappa shape index (κ3) is 2.95. The zero-order valence-electron chi connectivity index (χ0n) is 8.22. The van der Waals surface area contributed by atoms with Crippen molar-refractivity contribution in [2.45, 2.75) is 13.0 Å². The van der Waals surface area contributed by atoms with Crippen LogP contribution in [0.25, 0.3) is 0 Å². The fraction of sp³-hybridized carbons (Fsp3) is 0.273. The summed E-state index contributed by atoms with van der Waals surface area (Å²) in [6, 6.07) is 2.67. The number of benzene rings is 1. The normalized spacial score (nSPS) is 12.1. The van der Waals surface area contributed by atoms with Crippen LogP contribution in [0.15, 0.2) is 16.6 Å². The molecule has 0 fully saturated rings. The van der Waals surface area contributed by atoms with Gasteiger partial charge in [-0.25, -0.2) is 4.39 Å². The first-order valence-electron chi connectivity index (χ1n) is 4.41. The maximum atomic E-state index is 13.2. The summed E-state index contributed by atoms with van der Waals surface area (Å²) in [6.07, 6.45) is 5.09. The second-order valence-corrected chi connectivity index (χ2v) is 4.05. The van der Waals surface area contributed by atoms with Crippen molar-refractivity contribution in [3.63, 3.8) is 0 Å². The zero-order valence-corrected chi connectivity index (χ0v) is 9.81. The van der Waals surface area contributed by atoms with Gasteiger partial charge in [-0.3, -0.25) is 5.32 Å². The fourth-order valence-electron chi connectivity index (χ4n) is 1.24. The Bertz CT molecular complexity index is 400. The van der Waals surface area contributed by atoms with Gasteiger partial charge in [-0.1, -0.05) is 21.9 Å². The molecule has 15 heavy (non-hydrogen) atoms. The molecule has 0 aliphatic heterocycles. The Morgan fingerprint density at radius 3 is 2.93 bits per heavy atom. The van der Waals surface area contributed by atoms with Gasteiger partial charge in [0.2, 0.25) is 0 Å². The number of phenolic OH excluding ortho intramolecular Hbond substituents is 1. The predicted octanol–water partition coefficient (Wildman–Crippen LogP) is 2.58. The molecule has 80 valence electrons. The lowest BCUT2D eigenvalue weighted by atomic mass is 10.1. The maximum Gasteiger partial charge on any atom is 0.166 e. The standard InChI is InChI=1S/C11H11BrFNO/c1-3-4-14-7(2)9-5-8(12)6-10(13)11(9)15/h1,5-7,14-15H,4H2,2H3. The van der Waals surface area contributed by atoms with Crippen molar-refractivity contribution in [2.24, 2.45) is 0 Å². The molecule has 1 atom stereocenters. The highest BCUT2D eigenvalue weighted by atomic mass is 79.9. The van der Waals surface area contributed by atoms with Crippen LogP contribution in [0.4, 0.5) is 4.39 Å². The van der Waals surface area contributed by atoms with E-state index < -0.39 is 5.82 Å². The van der Waals surface area contributed by atoms with Crippen LogP contribution in [0.2, 0.25) is 0 Å². The van der Waals surface area contributed by atoms with E-state index >= 15 is 0 Å². The van der Waals surface area contributed by atoms with Gasteiger partial charge >= 0.3 is 0 Å². The number of halogens is 2. The average Bonchev–Trinajstić information content (AvgIpc) is 2.19. The van der Waals surface area contributed by atoms with Crippen molar-refractivity contribution in [2.75, 3.05) is 6.54 Å². The van der Waals surface area contributed by atoms with Crippen LogP contribution in [0, 0.1) is 18.2 Å². The minimum atomic E-state index is -0.645. The molecule has 1 unspecified atom stereocenters. The van der Waals surface area contributed by atoms with E-state index in [1.54, 1.807) is 13.0 Å². The lowest BCUT2D eigenvalue weighted by molar-refractivity contribution is 0.416. The Kier molecular flexibility index (Phi) is 4.13. The second-order valence-electron chi connectivity index (χ2n) is 3.13. The summed E-state index contributed by atoms with van der Waals surface area (Å²) < 4.78 is 13.8. The Hall–Kier alpha value is -1.05. The summed E-state index contributed by atoms with van der Waals surface area (Å²) in [5.74, 6) is 1.44. The first-order valence-corrected chi connectivity index (χ1v) is 5.20. The molecule has 0 amide bonds. The number of aromatic hydroxyl groups is 1. The van der Waals surface area contributed by atoms with Crippen LogP contribution >= 0.6 is 15.9 Å². The van der Waals surface area contributed by atoms with Gasteiger partial charge in [-0.05, 0) is 19.1 Å². The average molecular weight is 272 g/mol. The number of phenols is 1. The molecule has 0 saturated heterocycles.